The Morgan fingerprint density at radius 2 is 1.72 bits per heavy atom. The molecule has 0 saturated carbocycles. The summed E-state index contributed by atoms with van der Waals surface area (Å²) in [5.41, 5.74) is -0.801. The first-order valence-electron chi connectivity index (χ1n) is 6.27. The van der Waals surface area contributed by atoms with E-state index < -0.39 is 5.54 Å². The number of ketones is 1. The predicted octanol–water partition coefficient (Wildman–Crippen LogP) is 2.07. The molecule has 0 aliphatic heterocycles. The van der Waals surface area contributed by atoms with Gasteiger partial charge in [0.1, 0.15) is 0 Å². The third-order valence-corrected chi connectivity index (χ3v) is 2.40. The van der Waals surface area contributed by atoms with Crippen LogP contribution in [0.1, 0.15) is 47.0 Å². The molecule has 0 atom stereocenters. The van der Waals surface area contributed by atoms with Crippen LogP contribution in [-0.4, -0.2) is 28.9 Å². The molecule has 18 heavy (non-hydrogen) atoms. The Balaban J connectivity index is 0. The number of aliphatic hydroxyl groups is 1. The highest BCUT2D eigenvalue weighted by molar-refractivity contribution is 5.93. The number of amides is 1. The van der Waals surface area contributed by atoms with E-state index in [-0.39, 0.29) is 24.2 Å². The zero-order valence-corrected chi connectivity index (χ0v) is 12.1. The van der Waals surface area contributed by atoms with Gasteiger partial charge in [-0.1, -0.05) is 13.8 Å². The van der Waals surface area contributed by atoms with Crippen LogP contribution in [-0.2, 0) is 9.59 Å². The van der Waals surface area contributed by atoms with Gasteiger partial charge in [0.25, 0.3) is 0 Å². The lowest BCUT2D eigenvalue weighted by molar-refractivity contribution is -0.132. The molecule has 0 bridgehead atoms. The van der Waals surface area contributed by atoms with Crippen LogP contribution in [0.2, 0.25) is 0 Å². The van der Waals surface area contributed by atoms with Gasteiger partial charge >= 0.3 is 0 Å². The molecule has 0 spiro atoms. The van der Waals surface area contributed by atoms with Gasteiger partial charge in [-0.3, -0.25) is 9.59 Å². The van der Waals surface area contributed by atoms with E-state index in [0.717, 1.165) is 0 Å². The predicted molar refractivity (Wildman–Crippen MR) is 74.3 cm³/mol. The molecule has 4 nitrogen and oxygen atoms in total. The number of hydrogen-bond donors (Lipinski definition) is 2. The van der Waals surface area contributed by atoms with E-state index >= 15 is 0 Å². The molecule has 0 radical (unpaired) electrons. The van der Waals surface area contributed by atoms with E-state index in [9.17, 15) is 9.59 Å². The summed E-state index contributed by atoms with van der Waals surface area (Å²) in [6.45, 7) is 13.2. The van der Waals surface area contributed by atoms with Crippen molar-refractivity contribution in [3.63, 3.8) is 0 Å². The number of carbonyl (C=O) groups is 2. The quantitative estimate of drug-likeness (QED) is 0.542. The van der Waals surface area contributed by atoms with Crippen LogP contribution in [0.4, 0.5) is 0 Å². The van der Waals surface area contributed by atoms with Crippen LogP contribution in [0.15, 0.2) is 13.2 Å². The lowest BCUT2D eigenvalue weighted by atomic mass is 9.90. The van der Waals surface area contributed by atoms with Crippen molar-refractivity contribution in [3.05, 3.63) is 13.2 Å². The molecule has 0 aromatic heterocycles. The second-order valence-electron chi connectivity index (χ2n) is 4.87. The fourth-order valence-corrected chi connectivity index (χ4v) is 1.59. The van der Waals surface area contributed by atoms with Gasteiger partial charge in [0, 0.05) is 18.9 Å². The van der Waals surface area contributed by atoms with Crippen LogP contribution >= 0.6 is 0 Å². The van der Waals surface area contributed by atoms with Gasteiger partial charge in [0.15, 0.2) is 5.78 Å². The van der Waals surface area contributed by atoms with Crippen molar-refractivity contribution in [2.24, 2.45) is 5.92 Å². The van der Waals surface area contributed by atoms with Crippen LogP contribution in [0, 0.1) is 5.92 Å². The van der Waals surface area contributed by atoms with E-state index in [4.69, 9.17) is 5.11 Å². The number of carbonyl (C=O) groups excluding carboxylic acids is 2. The Morgan fingerprint density at radius 3 is 2.11 bits per heavy atom. The van der Waals surface area contributed by atoms with Gasteiger partial charge in [-0.15, -0.1) is 13.2 Å². The first kappa shape index (κ1) is 19.2. The number of unbranched alkanes of at least 4 members (excludes halogenated alkanes) is 1. The second-order valence-corrected chi connectivity index (χ2v) is 4.87. The number of rotatable bonds is 7. The van der Waals surface area contributed by atoms with Gasteiger partial charge in [-0.25, -0.2) is 0 Å². The highest BCUT2D eigenvalue weighted by atomic mass is 16.3. The summed E-state index contributed by atoms with van der Waals surface area (Å²) in [5.74, 6) is -0.191. The van der Waals surface area contributed by atoms with Crippen molar-refractivity contribution < 1.29 is 14.7 Å². The topological polar surface area (TPSA) is 66.4 Å². The standard InChI is InChI=1S/C12H23NO3.C2H4/c1-9(2)11(16)12(3,4)13-10(15)7-5-6-8-14;1-2/h9,14H,5-8H2,1-4H3,(H,13,15);1-2H2. The van der Waals surface area contributed by atoms with Crippen molar-refractivity contribution >= 4 is 11.7 Å². The molecule has 0 aromatic rings. The molecule has 0 saturated heterocycles. The van der Waals surface area contributed by atoms with Crippen LogP contribution in [0.25, 0.3) is 0 Å². The third kappa shape index (κ3) is 8.01. The normalized spacial score (nSPS) is 10.6. The fraction of sp³-hybridized carbons (Fsp3) is 0.714. The van der Waals surface area contributed by atoms with Crippen molar-refractivity contribution in [1.29, 1.82) is 0 Å². The largest absolute Gasteiger partial charge is 0.396 e. The van der Waals surface area contributed by atoms with Gasteiger partial charge in [0.05, 0.1) is 5.54 Å². The SMILES string of the molecule is C=C.CC(C)C(=O)C(C)(C)NC(=O)CCCCO. The van der Waals surface area contributed by atoms with Crippen LogP contribution < -0.4 is 5.32 Å². The maximum atomic E-state index is 11.8. The zero-order valence-electron chi connectivity index (χ0n) is 12.1. The molecule has 0 rings (SSSR count). The highest BCUT2D eigenvalue weighted by Gasteiger charge is 2.30. The number of nitrogens with one attached hydrogen (secondary N) is 1. The fourth-order valence-electron chi connectivity index (χ4n) is 1.59. The Morgan fingerprint density at radius 1 is 1.22 bits per heavy atom. The Hall–Kier alpha value is -1.16. The molecule has 0 unspecified atom stereocenters. The van der Waals surface area contributed by atoms with E-state index in [0.29, 0.717) is 19.3 Å². The van der Waals surface area contributed by atoms with Crippen molar-refractivity contribution in [3.8, 4) is 0 Å². The smallest absolute Gasteiger partial charge is 0.220 e. The summed E-state index contributed by atoms with van der Waals surface area (Å²) in [7, 11) is 0. The zero-order chi connectivity index (χ0) is 14.8. The summed E-state index contributed by atoms with van der Waals surface area (Å²) in [6.07, 6.45) is 1.62. The van der Waals surface area contributed by atoms with Crippen molar-refractivity contribution in [2.45, 2.75) is 52.5 Å². The summed E-state index contributed by atoms with van der Waals surface area (Å²) >= 11 is 0. The molecule has 4 heteroatoms. The van der Waals surface area contributed by atoms with E-state index in [1.165, 1.54) is 0 Å². The minimum absolute atomic E-state index is 0.0306. The molecule has 106 valence electrons. The van der Waals surface area contributed by atoms with E-state index in [2.05, 4.69) is 18.5 Å². The molecule has 0 aromatic carbocycles. The minimum atomic E-state index is -0.801. The Bertz CT molecular complexity index is 260. The maximum absolute atomic E-state index is 11.8. The monoisotopic (exact) mass is 257 g/mol. The summed E-state index contributed by atoms with van der Waals surface area (Å²) < 4.78 is 0. The molecule has 1 amide bonds. The maximum Gasteiger partial charge on any atom is 0.220 e. The van der Waals surface area contributed by atoms with Crippen molar-refractivity contribution in [1.82, 2.24) is 5.32 Å². The lowest BCUT2D eigenvalue weighted by Gasteiger charge is -2.26. The highest BCUT2D eigenvalue weighted by Crippen LogP contribution is 2.11. The molecule has 2 N–H and O–H groups in total. The summed E-state index contributed by atoms with van der Waals surface area (Å²) in [5, 5.41) is 11.3. The molecule has 0 aliphatic carbocycles. The van der Waals surface area contributed by atoms with Gasteiger partial charge in [-0.05, 0) is 26.7 Å². The first-order valence-corrected chi connectivity index (χ1v) is 6.27. The van der Waals surface area contributed by atoms with Crippen LogP contribution in [0.5, 0.6) is 0 Å². The van der Waals surface area contributed by atoms with E-state index in [1.807, 2.05) is 13.8 Å². The van der Waals surface area contributed by atoms with Crippen LogP contribution in [0.3, 0.4) is 0 Å². The number of Topliss-reactive ketones (excluding diaryl/α,β-unsaturated/α-hetero) is 1. The molecule has 0 aliphatic rings. The molecular formula is C14H27NO3. The van der Waals surface area contributed by atoms with E-state index in [1.54, 1.807) is 13.8 Å². The Labute approximate surface area is 110 Å². The molecular weight excluding hydrogens is 230 g/mol. The summed E-state index contributed by atoms with van der Waals surface area (Å²) in [6, 6.07) is 0. The molecule has 0 heterocycles. The first-order chi connectivity index (χ1) is 8.31. The van der Waals surface area contributed by atoms with Gasteiger partial charge in [0.2, 0.25) is 5.91 Å². The van der Waals surface area contributed by atoms with Crippen molar-refractivity contribution in [2.75, 3.05) is 6.61 Å². The second kappa shape index (κ2) is 9.83. The average Bonchev–Trinajstić information content (AvgIpc) is 2.30. The Kier molecular flexibility index (Phi) is 10.5. The number of aliphatic hydroxyl groups excluding tert-OH is 1. The molecule has 0 fully saturated rings. The van der Waals surface area contributed by atoms with Gasteiger partial charge in [-0.2, -0.15) is 0 Å². The third-order valence-electron chi connectivity index (χ3n) is 2.40. The minimum Gasteiger partial charge on any atom is -0.396 e. The van der Waals surface area contributed by atoms with Gasteiger partial charge < -0.3 is 10.4 Å². The average molecular weight is 257 g/mol. The summed E-state index contributed by atoms with van der Waals surface area (Å²) in [4.78, 5) is 23.3. The number of hydrogen-bond acceptors (Lipinski definition) is 3. The lowest BCUT2D eigenvalue weighted by Crippen LogP contribution is -2.51.